The molecule has 0 aliphatic rings. The van der Waals surface area contributed by atoms with Crippen molar-refractivity contribution in [3.8, 4) is 11.5 Å². The zero-order valence-corrected chi connectivity index (χ0v) is 15.8. The van der Waals surface area contributed by atoms with Crippen LogP contribution in [0.15, 0.2) is 60.9 Å². The van der Waals surface area contributed by atoms with Gasteiger partial charge in [-0.1, -0.05) is 12.1 Å². The second kappa shape index (κ2) is 8.89. The van der Waals surface area contributed by atoms with E-state index in [0.29, 0.717) is 18.2 Å². The van der Waals surface area contributed by atoms with Crippen LogP contribution in [0.5, 0.6) is 11.5 Å². The van der Waals surface area contributed by atoms with Gasteiger partial charge < -0.3 is 20.1 Å². The third kappa shape index (κ3) is 5.34. The molecule has 0 saturated heterocycles. The smallest absolute Gasteiger partial charge is 0.143 e. The quantitative estimate of drug-likeness (QED) is 0.576. The van der Waals surface area contributed by atoms with Crippen LogP contribution >= 0.6 is 0 Å². The molecule has 6 heteroatoms. The van der Waals surface area contributed by atoms with Crippen LogP contribution < -0.4 is 20.1 Å². The maximum atomic E-state index is 5.84. The van der Waals surface area contributed by atoms with E-state index in [1.807, 2.05) is 75.4 Å². The highest BCUT2D eigenvalue weighted by Crippen LogP contribution is 2.28. The Bertz CT molecular complexity index is 866. The number of hydrogen-bond donors (Lipinski definition) is 2. The number of anilines is 4. The predicted molar refractivity (Wildman–Crippen MR) is 108 cm³/mol. The second-order valence-corrected chi connectivity index (χ2v) is 6.16. The van der Waals surface area contributed by atoms with Crippen molar-refractivity contribution >= 4 is 23.0 Å². The first-order valence-corrected chi connectivity index (χ1v) is 8.98. The molecule has 140 valence electrons. The summed E-state index contributed by atoms with van der Waals surface area (Å²) in [7, 11) is 0. The van der Waals surface area contributed by atoms with E-state index in [2.05, 4.69) is 20.6 Å². The van der Waals surface area contributed by atoms with E-state index in [0.717, 1.165) is 22.9 Å². The topological polar surface area (TPSA) is 68.3 Å². The third-order valence-corrected chi connectivity index (χ3v) is 3.62. The highest BCUT2D eigenvalue weighted by Gasteiger charge is 2.07. The minimum atomic E-state index is 0.0928. The highest BCUT2D eigenvalue weighted by atomic mass is 16.5. The van der Waals surface area contributed by atoms with Gasteiger partial charge in [0.05, 0.1) is 18.4 Å². The fourth-order valence-corrected chi connectivity index (χ4v) is 2.51. The van der Waals surface area contributed by atoms with Gasteiger partial charge in [0.25, 0.3) is 0 Å². The van der Waals surface area contributed by atoms with Gasteiger partial charge in [0.1, 0.15) is 29.5 Å². The Kier molecular flexibility index (Phi) is 6.10. The Morgan fingerprint density at radius 1 is 0.926 bits per heavy atom. The first-order chi connectivity index (χ1) is 13.1. The summed E-state index contributed by atoms with van der Waals surface area (Å²) in [4.78, 5) is 8.58. The van der Waals surface area contributed by atoms with Crippen LogP contribution in [0, 0.1) is 0 Å². The van der Waals surface area contributed by atoms with E-state index in [9.17, 15) is 0 Å². The average Bonchev–Trinajstić information content (AvgIpc) is 2.65. The van der Waals surface area contributed by atoms with Crippen molar-refractivity contribution in [2.75, 3.05) is 17.2 Å². The largest absolute Gasteiger partial charge is 0.494 e. The molecule has 1 aromatic heterocycles. The van der Waals surface area contributed by atoms with Gasteiger partial charge in [-0.05, 0) is 57.2 Å². The van der Waals surface area contributed by atoms with Crippen LogP contribution in [0.3, 0.4) is 0 Å². The Balaban J connectivity index is 1.72. The molecule has 0 atom stereocenters. The summed E-state index contributed by atoms with van der Waals surface area (Å²) in [6.45, 7) is 6.61. The van der Waals surface area contributed by atoms with Crippen LogP contribution in [-0.4, -0.2) is 22.7 Å². The summed E-state index contributed by atoms with van der Waals surface area (Å²) in [6.07, 6.45) is 1.61. The molecule has 0 unspecified atom stereocenters. The van der Waals surface area contributed by atoms with Crippen molar-refractivity contribution in [3.05, 3.63) is 60.9 Å². The summed E-state index contributed by atoms with van der Waals surface area (Å²) in [5.74, 6) is 3.00. The molecule has 0 aliphatic heterocycles. The standard InChI is InChI=1S/C21H24N4O2/c1-4-26-17-11-9-16(10-12-17)24-20-13-21(23-14-22-20)25-18-7-5-6-8-19(18)27-15(2)3/h5-15H,4H2,1-3H3,(H2,22,23,24,25). The van der Waals surface area contributed by atoms with Gasteiger partial charge in [-0.3, -0.25) is 0 Å². The zero-order valence-electron chi connectivity index (χ0n) is 15.8. The van der Waals surface area contributed by atoms with Gasteiger partial charge in [0.2, 0.25) is 0 Å². The molecule has 0 saturated carbocycles. The third-order valence-electron chi connectivity index (χ3n) is 3.62. The van der Waals surface area contributed by atoms with Crippen molar-refractivity contribution in [3.63, 3.8) is 0 Å². The Labute approximate surface area is 159 Å². The Morgan fingerprint density at radius 2 is 1.63 bits per heavy atom. The lowest BCUT2D eigenvalue weighted by molar-refractivity contribution is 0.244. The lowest BCUT2D eigenvalue weighted by Gasteiger charge is -2.15. The van der Waals surface area contributed by atoms with Crippen LogP contribution in [0.1, 0.15) is 20.8 Å². The van der Waals surface area contributed by atoms with Crippen molar-refractivity contribution < 1.29 is 9.47 Å². The van der Waals surface area contributed by atoms with Gasteiger partial charge >= 0.3 is 0 Å². The number of hydrogen-bond acceptors (Lipinski definition) is 6. The summed E-state index contributed by atoms with van der Waals surface area (Å²) < 4.78 is 11.3. The maximum Gasteiger partial charge on any atom is 0.143 e. The number of aromatic nitrogens is 2. The molecule has 0 aliphatic carbocycles. The normalized spacial score (nSPS) is 10.5. The number of ether oxygens (including phenoxy) is 2. The molecule has 0 spiro atoms. The number of para-hydroxylation sites is 2. The van der Waals surface area contributed by atoms with Crippen molar-refractivity contribution in [1.29, 1.82) is 0 Å². The molecule has 3 rings (SSSR count). The minimum absolute atomic E-state index is 0.0928. The molecule has 0 bridgehead atoms. The SMILES string of the molecule is CCOc1ccc(Nc2cc(Nc3ccccc3OC(C)C)ncn2)cc1. The summed E-state index contributed by atoms with van der Waals surface area (Å²) in [6, 6.07) is 17.4. The maximum absolute atomic E-state index is 5.84. The molecular formula is C21H24N4O2. The monoisotopic (exact) mass is 364 g/mol. The fourth-order valence-electron chi connectivity index (χ4n) is 2.51. The molecule has 27 heavy (non-hydrogen) atoms. The number of nitrogens with zero attached hydrogens (tertiary/aromatic N) is 2. The van der Waals surface area contributed by atoms with Crippen LogP contribution in [-0.2, 0) is 0 Å². The Morgan fingerprint density at radius 3 is 2.33 bits per heavy atom. The fraction of sp³-hybridized carbons (Fsp3) is 0.238. The van der Waals surface area contributed by atoms with Crippen LogP contribution in [0.25, 0.3) is 0 Å². The molecule has 1 heterocycles. The summed E-state index contributed by atoms with van der Waals surface area (Å²) in [5.41, 5.74) is 1.78. The summed E-state index contributed by atoms with van der Waals surface area (Å²) >= 11 is 0. The van der Waals surface area contributed by atoms with E-state index in [1.165, 1.54) is 6.33 Å². The molecular weight excluding hydrogens is 340 g/mol. The van der Waals surface area contributed by atoms with E-state index in [4.69, 9.17) is 9.47 Å². The van der Waals surface area contributed by atoms with Gasteiger partial charge in [0, 0.05) is 11.8 Å². The van der Waals surface area contributed by atoms with Crippen molar-refractivity contribution in [1.82, 2.24) is 9.97 Å². The molecule has 0 radical (unpaired) electrons. The number of rotatable bonds is 8. The van der Waals surface area contributed by atoms with Crippen molar-refractivity contribution in [2.45, 2.75) is 26.9 Å². The molecule has 0 amide bonds. The number of benzene rings is 2. The average molecular weight is 364 g/mol. The van der Waals surface area contributed by atoms with Gasteiger partial charge in [0.15, 0.2) is 0 Å². The van der Waals surface area contributed by atoms with Gasteiger partial charge in [-0.15, -0.1) is 0 Å². The molecule has 6 nitrogen and oxygen atoms in total. The first kappa shape index (κ1) is 18.5. The highest BCUT2D eigenvalue weighted by molar-refractivity contribution is 5.67. The Hall–Kier alpha value is -3.28. The predicted octanol–water partition coefficient (Wildman–Crippen LogP) is 5.15. The van der Waals surface area contributed by atoms with E-state index >= 15 is 0 Å². The van der Waals surface area contributed by atoms with Crippen LogP contribution in [0.4, 0.5) is 23.0 Å². The molecule has 3 aromatic rings. The summed E-state index contributed by atoms with van der Waals surface area (Å²) in [5, 5.41) is 6.56. The van der Waals surface area contributed by atoms with E-state index in [-0.39, 0.29) is 6.10 Å². The van der Waals surface area contributed by atoms with E-state index < -0.39 is 0 Å². The lowest BCUT2D eigenvalue weighted by atomic mass is 10.3. The molecule has 0 fully saturated rings. The lowest BCUT2D eigenvalue weighted by Crippen LogP contribution is -2.07. The first-order valence-electron chi connectivity index (χ1n) is 8.98. The van der Waals surface area contributed by atoms with Crippen LogP contribution in [0.2, 0.25) is 0 Å². The molecule has 2 aromatic carbocycles. The minimum Gasteiger partial charge on any atom is -0.494 e. The van der Waals surface area contributed by atoms with Gasteiger partial charge in [-0.25, -0.2) is 9.97 Å². The van der Waals surface area contributed by atoms with Gasteiger partial charge in [-0.2, -0.15) is 0 Å². The van der Waals surface area contributed by atoms with Crippen molar-refractivity contribution in [2.24, 2.45) is 0 Å². The zero-order chi connectivity index (χ0) is 19.1. The van der Waals surface area contributed by atoms with E-state index in [1.54, 1.807) is 0 Å². The molecule has 2 N–H and O–H groups in total. The second-order valence-electron chi connectivity index (χ2n) is 6.16. The number of nitrogens with one attached hydrogen (secondary N) is 2.